The minimum absolute atomic E-state index is 0.0230. The normalized spacial score (nSPS) is 12.8. The minimum atomic E-state index is -5.10. The number of amides is 2. The van der Waals surface area contributed by atoms with Gasteiger partial charge in [0, 0.05) is 30.9 Å². The Bertz CT molecular complexity index is 1600. The molecule has 0 radical (unpaired) electrons. The highest BCUT2D eigenvalue weighted by molar-refractivity contribution is 6.01. The number of halogens is 6. The Labute approximate surface area is 244 Å². The number of carbonyl (C=O) groups is 2. The average Bonchev–Trinajstić information content (AvgIpc) is 2.98. The molecule has 0 aromatic heterocycles. The molecule has 1 atom stereocenters. The monoisotopic (exact) mass is 598 g/mol. The van der Waals surface area contributed by atoms with E-state index >= 15 is 0 Å². The predicted molar refractivity (Wildman–Crippen MR) is 154 cm³/mol. The number of carbonyl (C=O) groups excluding carboxylic acids is 2. The molecule has 2 amide bonds. The number of para-hydroxylation sites is 1. The highest BCUT2D eigenvalue weighted by Crippen LogP contribution is 2.36. The Morgan fingerprint density at radius 2 is 1.35 bits per heavy atom. The van der Waals surface area contributed by atoms with Crippen molar-refractivity contribution in [3.8, 4) is 0 Å². The van der Waals surface area contributed by atoms with Gasteiger partial charge in [0.15, 0.2) is 0 Å². The van der Waals surface area contributed by atoms with Crippen LogP contribution < -0.4 is 4.90 Å². The van der Waals surface area contributed by atoms with Gasteiger partial charge in [-0.15, -0.1) is 0 Å². The highest BCUT2D eigenvalue weighted by Gasteiger charge is 2.38. The lowest BCUT2D eigenvalue weighted by atomic mass is 9.99. The van der Waals surface area contributed by atoms with Gasteiger partial charge in [-0.1, -0.05) is 66.7 Å². The van der Waals surface area contributed by atoms with Gasteiger partial charge in [-0.25, -0.2) is 0 Å². The fourth-order valence-electron chi connectivity index (χ4n) is 4.73. The van der Waals surface area contributed by atoms with Crippen LogP contribution in [-0.2, 0) is 23.6 Å². The molecule has 0 heterocycles. The molecule has 0 bridgehead atoms. The third kappa shape index (κ3) is 7.63. The van der Waals surface area contributed by atoms with Crippen LogP contribution in [0.1, 0.15) is 34.0 Å². The molecule has 1 unspecified atom stereocenters. The second-order valence-electron chi connectivity index (χ2n) is 9.94. The number of rotatable bonds is 8. The van der Waals surface area contributed by atoms with Gasteiger partial charge in [-0.2, -0.15) is 26.3 Å². The standard InChI is InChI=1S/C33H28F6N2O2/c1-3-41(28-11-5-4-6-12-28)30(42)16-15-29(18-22-13-14-23-9-7-8-10-24(23)17-22)40(2)31(43)25-19-26(32(34,35)36)21-27(20-25)33(37,38)39/h4-17,19-21,29H,3,18H2,1-2H3. The minimum Gasteiger partial charge on any atom is -0.335 e. The first-order valence-electron chi connectivity index (χ1n) is 13.4. The van der Waals surface area contributed by atoms with Crippen molar-refractivity contribution in [1.82, 2.24) is 4.90 Å². The van der Waals surface area contributed by atoms with Crippen LogP contribution in [0.3, 0.4) is 0 Å². The molecule has 10 heteroatoms. The number of benzene rings is 4. The van der Waals surface area contributed by atoms with Crippen molar-refractivity contribution in [3.05, 3.63) is 125 Å². The maximum atomic E-state index is 13.5. The van der Waals surface area contributed by atoms with Gasteiger partial charge in [0.2, 0.25) is 0 Å². The van der Waals surface area contributed by atoms with Crippen LogP contribution in [0, 0.1) is 0 Å². The molecule has 0 saturated heterocycles. The number of anilines is 1. The molecule has 4 aromatic rings. The predicted octanol–water partition coefficient (Wildman–Crippen LogP) is 8.17. The number of fused-ring (bicyclic) bond motifs is 1. The summed E-state index contributed by atoms with van der Waals surface area (Å²) in [6.07, 6.45) is -7.36. The van der Waals surface area contributed by atoms with Crippen molar-refractivity contribution in [2.45, 2.75) is 31.7 Å². The molecule has 0 aliphatic heterocycles. The van der Waals surface area contributed by atoms with Gasteiger partial charge in [-0.05, 0) is 60.0 Å². The summed E-state index contributed by atoms with van der Waals surface area (Å²) in [6, 6.07) is 21.9. The second kappa shape index (κ2) is 12.7. The van der Waals surface area contributed by atoms with E-state index in [4.69, 9.17) is 0 Å². The molecule has 4 nitrogen and oxygen atoms in total. The summed E-state index contributed by atoms with van der Waals surface area (Å²) >= 11 is 0. The smallest absolute Gasteiger partial charge is 0.335 e. The zero-order chi connectivity index (χ0) is 31.4. The first-order valence-corrected chi connectivity index (χ1v) is 13.4. The second-order valence-corrected chi connectivity index (χ2v) is 9.94. The molecule has 0 fully saturated rings. The van der Waals surface area contributed by atoms with E-state index in [1.807, 2.05) is 42.5 Å². The number of hydrogen-bond donors (Lipinski definition) is 0. The van der Waals surface area contributed by atoms with Crippen LogP contribution in [0.2, 0.25) is 0 Å². The van der Waals surface area contributed by atoms with Crippen LogP contribution in [0.15, 0.2) is 103 Å². The number of nitrogens with zero attached hydrogens (tertiary/aromatic N) is 2. The molecule has 0 saturated carbocycles. The van der Waals surface area contributed by atoms with E-state index in [9.17, 15) is 35.9 Å². The van der Waals surface area contributed by atoms with Gasteiger partial charge in [0.1, 0.15) is 0 Å². The third-order valence-electron chi connectivity index (χ3n) is 7.02. The number of alkyl halides is 6. The summed E-state index contributed by atoms with van der Waals surface area (Å²) in [5.41, 5.74) is -2.56. The Morgan fingerprint density at radius 1 is 0.767 bits per heavy atom. The van der Waals surface area contributed by atoms with Gasteiger partial charge in [0.25, 0.3) is 11.8 Å². The average molecular weight is 599 g/mol. The van der Waals surface area contributed by atoms with E-state index in [1.54, 1.807) is 37.3 Å². The lowest BCUT2D eigenvalue weighted by Crippen LogP contribution is -2.38. The molecule has 0 spiro atoms. The first-order chi connectivity index (χ1) is 20.3. The largest absolute Gasteiger partial charge is 0.416 e. The van der Waals surface area contributed by atoms with Crippen LogP contribution in [0.5, 0.6) is 0 Å². The summed E-state index contributed by atoms with van der Waals surface area (Å²) < 4.78 is 80.9. The van der Waals surface area contributed by atoms with E-state index in [-0.39, 0.29) is 12.5 Å². The maximum Gasteiger partial charge on any atom is 0.416 e. The fourth-order valence-corrected chi connectivity index (χ4v) is 4.73. The van der Waals surface area contributed by atoms with E-state index in [0.29, 0.717) is 24.4 Å². The summed E-state index contributed by atoms with van der Waals surface area (Å²) in [6.45, 7) is 2.12. The van der Waals surface area contributed by atoms with Gasteiger partial charge in [0.05, 0.1) is 17.2 Å². The molecule has 0 N–H and O–H groups in total. The van der Waals surface area contributed by atoms with Gasteiger partial charge < -0.3 is 9.80 Å². The van der Waals surface area contributed by atoms with Crippen molar-refractivity contribution < 1.29 is 35.9 Å². The summed E-state index contributed by atoms with van der Waals surface area (Å²) in [4.78, 5) is 29.2. The Hall–Kier alpha value is -4.60. The fraction of sp³-hybridized carbons (Fsp3) is 0.212. The lowest BCUT2D eigenvalue weighted by molar-refractivity contribution is -0.143. The summed E-state index contributed by atoms with van der Waals surface area (Å²) in [5, 5.41) is 1.87. The van der Waals surface area contributed by atoms with Crippen molar-refractivity contribution in [3.63, 3.8) is 0 Å². The van der Waals surface area contributed by atoms with E-state index in [1.165, 1.54) is 24.1 Å². The third-order valence-corrected chi connectivity index (χ3v) is 7.02. The zero-order valence-electron chi connectivity index (χ0n) is 23.3. The highest BCUT2D eigenvalue weighted by atomic mass is 19.4. The molecular weight excluding hydrogens is 570 g/mol. The lowest BCUT2D eigenvalue weighted by Gasteiger charge is -2.27. The van der Waals surface area contributed by atoms with Crippen molar-refractivity contribution in [2.24, 2.45) is 0 Å². The Morgan fingerprint density at radius 3 is 1.93 bits per heavy atom. The molecule has 4 aromatic carbocycles. The maximum absolute atomic E-state index is 13.5. The topological polar surface area (TPSA) is 40.6 Å². The molecule has 224 valence electrons. The number of hydrogen-bond acceptors (Lipinski definition) is 2. The quantitative estimate of drug-likeness (QED) is 0.152. The molecule has 43 heavy (non-hydrogen) atoms. The van der Waals surface area contributed by atoms with Crippen LogP contribution in [-0.4, -0.2) is 36.3 Å². The van der Waals surface area contributed by atoms with E-state index < -0.39 is 46.9 Å². The van der Waals surface area contributed by atoms with E-state index in [0.717, 1.165) is 21.2 Å². The molecule has 0 aliphatic carbocycles. The first kappa shape index (κ1) is 31.3. The SMILES string of the molecule is CCN(C(=O)C=CC(Cc1ccc2ccccc2c1)N(C)C(=O)c1cc(C(F)(F)F)cc(C(F)(F)F)c1)c1ccccc1. The molecular formula is C33H28F6N2O2. The van der Waals surface area contributed by atoms with E-state index in [2.05, 4.69) is 0 Å². The van der Waals surface area contributed by atoms with Crippen LogP contribution >= 0.6 is 0 Å². The van der Waals surface area contributed by atoms with Gasteiger partial charge in [-0.3, -0.25) is 9.59 Å². The summed E-state index contributed by atoms with van der Waals surface area (Å²) in [7, 11) is 1.28. The van der Waals surface area contributed by atoms with Crippen LogP contribution in [0.25, 0.3) is 10.8 Å². The van der Waals surface area contributed by atoms with Crippen LogP contribution in [0.4, 0.5) is 32.0 Å². The van der Waals surface area contributed by atoms with Crippen molar-refractivity contribution in [1.29, 1.82) is 0 Å². The van der Waals surface area contributed by atoms with Gasteiger partial charge >= 0.3 is 12.4 Å². The van der Waals surface area contributed by atoms with Crippen molar-refractivity contribution in [2.75, 3.05) is 18.5 Å². The Kier molecular flexibility index (Phi) is 9.27. The zero-order valence-corrected chi connectivity index (χ0v) is 23.3. The Balaban J connectivity index is 1.72. The molecule has 4 rings (SSSR count). The molecule has 0 aliphatic rings. The van der Waals surface area contributed by atoms with Crippen molar-refractivity contribution >= 4 is 28.3 Å². The number of likely N-dealkylation sites (N-methyl/N-ethyl adjacent to an activating group) is 2. The summed E-state index contributed by atoms with van der Waals surface area (Å²) in [5.74, 6) is -1.47.